The van der Waals surface area contributed by atoms with E-state index in [4.69, 9.17) is 0 Å². The lowest BCUT2D eigenvalue weighted by Crippen LogP contribution is -2.44. The van der Waals surface area contributed by atoms with Gasteiger partial charge in [0.15, 0.2) is 0 Å². The first-order valence-electron chi connectivity index (χ1n) is 7.43. The highest BCUT2D eigenvalue weighted by Crippen LogP contribution is 2.38. The topological polar surface area (TPSA) is 78.9 Å². The van der Waals surface area contributed by atoms with E-state index in [9.17, 15) is 4.79 Å². The number of anilines is 2. The van der Waals surface area contributed by atoms with Crippen LogP contribution in [0.25, 0.3) is 0 Å². The summed E-state index contributed by atoms with van der Waals surface area (Å²) in [5, 5.41) is 9.36. The summed E-state index contributed by atoms with van der Waals surface area (Å²) in [6.07, 6.45) is 4.19. The van der Waals surface area contributed by atoms with Gasteiger partial charge in [-0.3, -0.25) is 4.79 Å². The Morgan fingerprint density at radius 1 is 1.30 bits per heavy atom. The van der Waals surface area contributed by atoms with Crippen molar-refractivity contribution < 1.29 is 4.79 Å². The van der Waals surface area contributed by atoms with Crippen LogP contribution in [0.1, 0.15) is 44.3 Å². The van der Waals surface area contributed by atoms with Gasteiger partial charge in [-0.25, -0.2) is 9.97 Å². The summed E-state index contributed by atoms with van der Waals surface area (Å²) in [7, 11) is 0. The number of amides is 1. The molecule has 6 heteroatoms. The van der Waals surface area contributed by atoms with Gasteiger partial charge >= 0.3 is 0 Å². The minimum atomic E-state index is -0.180. The zero-order valence-corrected chi connectivity index (χ0v) is 11.8. The first-order chi connectivity index (χ1) is 9.76. The lowest BCUT2D eigenvalue weighted by atomic mass is 10.1. The lowest BCUT2D eigenvalue weighted by Gasteiger charge is -2.23. The fourth-order valence-electron chi connectivity index (χ4n) is 2.42. The van der Waals surface area contributed by atoms with Gasteiger partial charge in [-0.05, 0) is 32.6 Å². The Bertz CT molecular complexity index is 500. The second-order valence-corrected chi connectivity index (χ2v) is 5.43. The smallest absolute Gasteiger partial charge is 0.242 e. The summed E-state index contributed by atoms with van der Waals surface area (Å²) in [6.45, 7) is 3.64. The SMILES string of the molecule is CCNc1cc(NC2CCCNC2=O)nc(C2CC2)n1. The molecular formula is C14H21N5O. The van der Waals surface area contributed by atoms with E-state index in [0.29, 0.717) is 5.92 Å². The van der Waals surface area contributed by atoms with Crippen molar-refractivity contribution in [2.75, 3.05) is 23.7 Å². The molecule has 20 heavy (non-hydrogen) atoms. The summed E-state index contributed by atoms with van der Waals surface area (Å²) in [6, 6.07) is 1.71. The molecule has 3 rings (SSSR count). The normalized spacial score (nSPS) is 22.2. The standard InChI is InChI=1S/C14H21N5O/c1-2-15-11-8-12(19-13(18-11)9-5-6-9)17-10-4-3-7-16-14(10)20/h8-10H,2-7H2,1H3,(H,16,20)(H2,15,17,18,19). The maximum Gasteiger partial charge on any atom is 0.242 e. The molecular weight excluding hydrogens is 254 g/mol. The minimum absolute atomic E-state index is 0.0628. The lowest BCUT2D eigenvalue weighted by molar-refractivity contribution is -0.123. The third kappa shape index (κ3) is 3.00. The molecule has 1 saturated carbocycles. The Kier molecular flexibility index (Phi) is 3.71. The number of nitrogens with one attached hydrogen (secondary N) is 3. The van der Waals surface area contributed by atoms with Crippen LogP contribution in [0.2, 0.25) is 0 Å². The third-order valence-corrected chi connectivity index (χ3v) is 3.65. The van der Waals surface area contributed by atoms with Gasteiger partial charge in [-0.1, -0.05) is 0 Å². The molecule has 6 nitrogen and oxygen atoms in total. The average Bonchev–Trinajstić information content (AvgIpc) is 3.26. The highest BCUT2D eigenvalue weighted by atomic mass is 16.2. The van der Waals surface area contributed by atoms with Gasteiger partial charge < -0.3 is 16.0 Å². The largest absolute Gasteiger partial charge is 0.370 e. The van der Waals surface area contributed by atoms with Crippen molar-refractivity contribution in [1.82, 2.24) is 15.3 Å². The Labute approximate surface area is 118 Å². The van der Waals surface area contributed by atoms with Gasteiger partial charge in [-0.2, -0.15) is 0 Å². The van der Waals surface area contributed by atoms with Crippen molar-refractivity contribution in [1.29, 1.82) is 0 Å². The predicted octanol–water partition coefficient (Wildman–Crippen LogP) is 1.48. The monoisotopic (exact) mass is 275 g/mol. The molecule has 0 bridgehead atoms. The van der Waals surface area contributed by atoms with Gasteiger partial charge in [-0.15, -0.1) is 0 Å². The summed E-state index contributed by atoms with van der Waals surface area (Å²) in [5.41, 5.74) is 0. The summed E-state index contributed by atoms with van der Waals surface area (Å²) >= 11 is 0. The van der Waals surface area contributed by atoms with Gasteiger partial charge in [0.25, 0.3) is 0 Å². The summed E-state index contributed by atoms with van der Waals surface area (Å²) in [5.74, 6) is 3.03. The van der Waals surface area contributed by atoms with E-state index in [2.05, 4.69) is 25.9 Å². The molecule has 1 aliphatic carbocycles. The maximum atomic E-state index is 11.8. The second-order valence-electron chi connectivity index (χ2n) is 5.43. The van der Waals surface area contributed by atoms with Crippen molar-refractivity contribution >= 4 is 17.5 Å². The molecule has 1 aliphatic heterocycles. The van der Waals surface area contributed by atoms with Crippen molar-refractivity contribution in [2.45, 2.75) is 44.6 Å². The molecule has 2 heterocycles. The minimum Gasteiger partial charge on any atom is -0.370 e. The fourth-order valence-corrected chi connectivity index (χ4v) is 2.42. The first-order valence-corrected chi connectivity index (χ1v) is 7.43. The number of hydrogen-bond donors (Lipinski definition) is 3. The highest BCUT2D eigenvalue weighted by molar-refractivity contribution is 5.85. The van der Waals surface area contributed by atoms with Crippen LogP contribution in [0.15, 0.2) is 6.07 Å². The van der Waals surface area contributed by atoms with Crippen molar-refractivity contribution in [3.63, 3.8) is 0 Å². The van der Waals surface area contributed by atoms with Gasteiger partial charge in [0, 0.05) is 25.1 Å². The van der Waals surface area contributed by atoms with Crippen LogP contribution in [-0.4, -0.2) is 35.0 Å². The second kappa shape index (κ2) is 5.64. The Hall–Kier alpha value is -1.85. The van der Waals surface area contributed by atoms with Crippen LogP contribution in [0.4, 0.5) is 11.6 Å². The molecule has 0 radical (unpaired) electrons. The highest BCUT2D eigenvalue weighted by Gasteiger charge is 2.28. The molecule has 2 aliphatic rings. The number of carbonyl (C=O) groups is 1. The fraction of sp³-hybridized carbons (Fsp3) is 0.643. The number of carbonyl (C=O) groups excluding carboxylic acids is 1. The first kappa shape index (κ1) is 13.1. The summed E-state index contributed by atoms with van der Waals surface area (Å²) in [4.78, 5) is 20.9. The molecule has 0 spiro atoms. The van der Waals surface area contributed by atoms with Crippen molar-refractivity contribution in [2.24, 2.45) is 0 Å². The average molecular weight is 275 g/mol. The molecule has 1 saturated heterocycles. The van der Waals surface area contributed by atoms with Gasteiger partial charge in [0.05, 0.1) is 0 Å². The number of aromatic nitrogens is 2. The van der Waals surface area contributed by atoms with Crippen molar-refractivity contribution in [3.05, 3.63) is 11.9 Å². The maximum absolute atomic E-state index is 11.8. The van der Waals surface area contributed by atoms with E-state index in [-0.39, 0.29) is 11.9 Å². The molecule has 1 aromatic rings. The molecule has 1 atom stereocenters. The van der Waals surface area contributed by atoms with Crippen LogP contribution in [0.5, 0.6) is 0 Å². The molecule has 108 valence electrons. The molecule has 1 amide bonds. The number of piperidine rings is 1. The van der Waals surface area contributed by atoms with Gasteiger partial charge in [0.1, 0.15) is 23.5 Å². The van der Waals surface area contributed by atoms with E-state index in [1.54, 1.807) is 0 Å². The van der Waals surface area contributed by atoms with Crippen LogP contribution in [-0.2, 0) is 4.79 Å². The molecule has 1 aromatic heterocycles. The molecule has 2 fully saturated rings. The Morgan fingerprint density at radius 3 is 2.80 bits per heavy atom. The zero-order chi connectivity index (χ0) is 13.9. The van der Waals surface area contributed by atoms with Gasteiger partial charge in [0.2, 0.25) is 5.91 Å². The third-order valence-electron chi connectivity index (χ3n) is 3.65. The summed E-state index contributed by atoms with van der Waals surface area (Å²) < 4.78 is 0. The van der Waals surface area contributed by atoms with Crippen LogP contribution in [0.3, 0.4) is 0 Å². The molecule has 1 unspecified atom stereocenters. The van der Waals surface area contributed by atoms with Crippen LogP contribution >= 0.6 is 0 Å². The van der Waals surface area contributed by atoms with Crippen LogP contribution in [0, 0.1) is 0 Å². The van der Waals surface area contributed by atoms with E-state index >= 15 is 0 Å². The molecule has 3 N–H and O–H groups in total. The van der Waals surface area contributed by atoms with E-state index in [1.807, 2.05) is 13.0 Å². The predicted molar refractivity (Wildman–Crippen MR) is 77.8 cm³/mol. The Morgan fingerprint density at radius 2 is 2.10 bits per heavy atom. The van der Waals surface area contributed by atoms with Crippen molar-refractivity contribution in [3.8, 4) is 0 Å². The number of nitrogens with zero attached hydrogens (tertiary/aromatic N) is 2. The van der Waals surface area contributed by atoms with Crippen LogP contribution < -0.4 is 16.0 Å². The molecule has 0 aromatic carbocycles. The number of hydrogen-bond acceptors (Lipinski definition) is 5. The quantitative estimate of drug-likeness (QED) is 0.758. The number of rotatable bonds is 5. The zero-order valence-electron chi connectivity index (χ0n) is 11.8. The Balaban J connectivity index is 1.78. The van der Waals surface area contributed by atoms with E-state index < -0.39 is 0 Å². The van der Waals surface area contributed by atoms with E-state index in [0.717, 1.165) is 43.4 Å². The van der Waals surface area contributed by atoms with E-state index in [1.165, 1.54) is 12.8 Å².